The molecule has 1 aromatic heterocycles. The van der Waals surface area contributed by atoms with Crippen LogP contribution in [0.4, 0.5) is 4.39 Å². The molecule has 20 heavy (non-hydrogen) atoms. The predicted octanol–water partition coefficient (Wildman–Crippen LogP) is 3.45. The fraction of sp³-hybridized carbons (Fsp3) is 0.0714. The van der Waals surface area contributed by atoms with Crippen LogP contribution in [0, 0.1) is 12.7 Å². The lowest BCUT2D eigenvalue weighted by atomic mass is 10.1. The Hall–Kier alpha value is -2.08. The topological polar surface area (TPSA) is 63.1 Å². The second kappa shape index (κ2) is 5.92. The number of hydrogen-bond donors (Lipinski definition) is 1. The Labute approximate surface area is 123 Å². The number of aromatic nitrogens is 2. The summed E-state index contributed by atoms with van der Waals surface area (Å²) in [6.07, 6.45) is 2.21. The minimum Gasteiger partial charge on any atom is -0.478 e. The fourth-order valence-corrected chi connectivity index (χ4v) is 2.00. The lowest BCUT2D eigenvalue weighted by molar-refractivity contribution is -0.131. The summed E-state index contributed by atoms with van der Waals surface area (Å²) in [6, 6.07) is 6.19. The molecule has 1 aromatic carbocycles. The van der Waals surface area contributed by atoms with Gasteiger partial charge in [-0.05, 0) is 37.3 Å². The van der Waals surface area contributed by atoms with E-state index >= 15 is 0 Å². The number of nitrogens with zero attached hydrogens (tertiary/aromatic N) is 2. The van der Waals surface area contributed by atoms with Gasteiger partial charge in [0, 0.05) is 21.8 Å². The summed E-state index contributed by atoms with van der Waals surface area (Å²) in [4.78, 5) is 18.7. The van der Waals surface area contributed by atoms with Gasteiger partial charge < -0.3 is 5.11 Å². The van der Waals surface area contributed by atoms with E-state index in [1.807, 2.05) is 0 Å². The van der Waals surface area contributed by atoms with Crippen LogP contribution in [-0.2, 0) is 4.79 Å². The highest BCUT2D eigenvalue weighted by molar-refractivity contribution is 9.10. The van der Waals surface area contributed by atoms with Crippen molar-refractivity contribution in [3.05, 3.63) is 52.1 Å². The van der Waals surface area contributed by atoms with Crippen molar-refractivity contribution >= 4 is 28.0 Å². The van der Waals surface area contributed by atoms with Crippen molar-refractivity contribution in [3.8, 4) is 11.3 Å². The summed E-state index contributed by atoms with van der Waals surface area (Å²) < 4.78 is 14.6. The second-order valence-electron chi connectivity index (χ2n) is 4.05. The number of hydrogen-bond acceptors (Lipinski definition) is 3. The van der Waals surface area contributed by atoms with E-state index in [-0.39, 0.29) is 5.82 Å². The predicted molar refractivity (Wildman–Crippen MR) is 76.5 cm³/mol. The zero-order chi connectivity index (χ0) is 14.7. The van der Waals surface area contributed by atoms with E-state index in [1.165, 1.54) is 12.1 Å². The maximum absolute atomic E-state index is 13.8. The standard InChI is InChI=1S/C14H10BrFN2O2/c1-8-6-12(10-7-9(15)2-3-11(10)16)18-13(17-8)4-5-14(19)20/h2-7H,1H3,(H,19,20)/b5-4+. The summed E-state index contributed by atoms with van der Waals surface area (Å²) >= 11 is 3.28. The van der Waals surface area contributed by atoms with Crippen molar-refractivity contribution in [1.82, 2.24) is 9.97 Å². The van der Waals surface area contributed by atoms with E-state index < -0.39 is 11.8 Å². The zero-order valence-corrected chi connectivity index (χ0v) is 12.1. The Morgan fingerprint density at radius 3 is 2.80 bits per heavy atom. The number of benzene rings is 1. The molecular weight excluding hydrogens is 327 g/mol. The summed E-state index contributed by atoms with van der Waals surface area (Å²) in [5, 5.41) is 8.60. The van der Waals surface area contributed by atoms with Gasteiger partial charge in [-0.25, -0.2) is 19.2 Å². The molecule has 6 heteroatoms. The molecule has 1 heterocycles. The molecule has 0 saturated carbocycles. The number of carbonyl (C=O) groups is 1. The van der Waals surface area contributed by atoms with Gasteiger partial charge >= 0.3 is 5.97 Å². The van der Waals surface area contributed by atoms with E-state index in [2.05, 4.69) is 25.9 Å². The van der Waals surface area contributed by atoms with Gasteiger partial charge in [0.2, 0.25) is 0 Å². The molecule has 0 fully saturated rings. The smallest absolute Gasteiger partial charge is 0.328 e. The molecule has 2 aromatic rings. The molecule has 0 bridgehead atoms. The molecule has 0 saturated heterocycles. The molecule has 0 unspecified atom stereocenters. The third-order valence-electron chi connectivity index (χ3n) is 2.45. The van der Waals surface area contributed by atoms with Crippen LogP contribution in [0.2, 0.25) is 0 Å². The largest absolute Gasteiger partial charge is 0.478 e. The van der Waals surface area contributed by atoms with E-state index in [9.17, 15) is 9.18 Å². The van der Waals surface area contributed by atoms with Crippen molar-refractivity contribution < 1.29 is 14.3 Å². The van der Waals surface area contributed by atoms with Gasteiger partial charge in [-0.2, -0.15) is 0 Å². The maximum Gasteiger partial charge on any atom is 0.328 e. The number of carboxylic acid groups (broad SMARTS) is 1. The Kier molecular flexibility index (Phi) is 4.24. The minimum absolute atomic E-state index is 0.224. The van der Waals surface area contributed by atoms with E-state index in [4.69, 9.17) is 5.11 Å². The van der Waals surface area contributed by atoms with E-state index in [1.54, 1.807) is 25.1 Å². The molecule has 0 aliphatic heterocycles. The molecular formula is C14H10BrFN2O2. The first-order valence-electron chi connectivity index (χ1n) is 5.68. The van der Waals surface area contributed by atoms with Crippen LogP contribution in [0.15, 0.2) is 34.8 Å². The number of halogens is 2. The quantitative estimate of drug-likeness (QED) is 0.872. The average molecular weight is 337 g/mol. The Morgan fingerprint density at radius 2 is 2.10 bits per heavy atom. The van der Waals surface area contributed by atoms with Crippen molar-refractivity contribution in [3.63, 3.8) is 0 Å². The third-order valence-corrected chi connectivity index (χ3v) is 2.94. The number of rotatable bonds is 3. The lowest BCUT2D eigenvalue weighted by Gasteiger charge is -2.05. The lowest BCUT2D eigenvalue weighted by Crippen LogP contribution is -1.97. The van der Waals surface area contributed by atoms with Crippen LogP contribution in [0.5, 0.6) is 0 Å². The highest BCUT2D eigenvalue weighted by Crippen LogP contribution is 2.25. The van der Waals surface area contributed by atoms with Crippen LogP contribution in [0.1, 0.15) is 11.5 Å². The summed E-state index contributed by atoms with van der Waals surface area (Å²) in [6.45, 7) is 1.74. The van der Waals surface area contributed by atoms with Gasteiger partial charge in [0.05, 0.1) is 5.69 Å². The van der Waals surface area contributed by atoms with E-state index in [0.717, 1.165) is 10.5 Å². The van der Waals surface area contributed by atoms with Gasteiger partial charge in [-0.15, -0.1) is 0 Å². The average Bonchev–Trinajstić information content (AvgIpc) is 2.38. The van der Waals surface area contributed by atoms with Crippen molar-refractivity contribution in [1.29, 1.82) is 0 Å². The normalized spacial score (nSPS) is 10.9. The SMILES string of the molecule is Cc1cc(-c2cc(Br)ccc2F)nc(/C=C/C(=O)O)n1. The first kappa shape index (κ1) is 14.3. The number of carboxylic acids is 1. The fourth-order valence-electron chi connectivity index (χ4n) is 1.64. The molecule has 0 spiro atoms. The molecule has 4 nitrogen and oxygen atoms in total. The zero-order valence-electron chi connectivity index (χ0n) is 10.5. The first-order chi connectivity index (χ1) is 9.45. The monoisotopic (exact) mass is 336 g/mol. The minimum atomic E-state index is -1.09. The van der Waals surface area contributed by atoms with E-state index in [0.29, 0.717) is 17.0 Å². The maximum atomic E-state index is 13.8. The molecule has 0 radical (unpaired) electrons. The molecule has 0 amide bonds. The summed E-state index contributed by atoms with van der Waals surface area (Å²) in [5.41, 5.74) is 1.36. The van der Waals surface area contributed by atoms with Crippen LogP contribution >= 0.6 is 15.9 Å². The summed E-state index contributed by atoms with van der Waals surface area (Å²) in [5.74, 6) is -1.27. The molecule has 1 N–H and O–H groups in total. The summed E-state index contributed by atoms with van der Waals surface area (Å²) in [7, 11) is 0. The molecule has 0 aliphatic rings. The van der Waals surface area contributed by atoms with Crippen LogP contribution < -0.4 is 0 Å². The van der Waals surface area contributed by atoms with Crippen LogP contribution in [0.25, 0.3) is 17.3 Å². The Bertz CT molecular complexity index is 702. The number of aliphatic carboxylic acids is 1. The highest BCUT2D eigenvalue weighted by atomic mass is 79.9. The van der Waals surface area contributed by atoms with Crippen molar-refractivity contribution in [2.24, 2.45) is 0 Å². The molecule has 2 rings (SSSR count). The van der Waals surface area contributed by atoms with Crippen molar-refractivity contribution in [2.75, 3.05) is 0 Å². The van der Waals surface area contributed by atoms with Gasteiger partial charge in [0.25, 0.3) is 0 Å². The molecule has 102 valence electrons. The Balaban J connectivity index is 2.52. The van der Waals surface area contributed by atoms with Gasteiger partial charge in [0.1, 0.15) is 5.82 Å². The highest BCUT2D eigenvalue weighted by Gasteiger charge is 2.09. The van der Waals surface area contributed by atoms with Gasteiger partial charge in [0.15, 0.2) is 5.82 Å². The van der Waals surface area contributed by atoms with Crippen LogP contribution in [-0.4, -0.2) is 21.0 Å². The van der Waals surface area contributed by atoms with Gasteiger partial charge in [-0.3, -0.25) is 0 Å². The van der Waals surface area contributed by atoms with Crippen molar-refractivity contribution in [2.45, 2.75) is 6.92 Å². The molecule has 0 aliphatic carbocycles. The molecule has 0 atom stereocenters. The van der Waals surface area contributed by atoms with Crippen LogP contribution in [0.3, 0.4) is 0 Å². The Morgan fingerprint density at radius 1 is 1.35 bits per heavy atom. The number of aryl methyl sites for hydroxylation is 1. The first-order valence-corrected chi connectivity index (χ1v) is 6.47. The second-order valence-corrected chi connectivity index (χ2v) is 4.96. The van der Waals surface area contributed by atoms with Gasteiger partial charge in [-0.1, -0.05) is 15.9 Å². The third kappa shape index (κ3) is 3.48.